The lowest BCUT2D eigenvalue weighted by molar-refractivity contribution is -0.127. The Kier molecular flexibility index (Phi) is 4.54. The smallest absolute Gasteiger partial charge is 0.246 e. The number of nitrogens with zero attached hydrogens (tertiary/aromatic N) is 4. The zero-order chi connectivity index (χ0) is 17.9. The molecule has 0 unspecified atom stereocenters. The summed E-state index contributed by atoms with van der Waals surface area (Å²) in [6.45, 7) is 3.43. The number of carbonyl (C=O) groups is 1. The van der Waals surface area contributed by atoms with Crippen molar-refractivity contribution in [2.24, 2.45) is 0 Å². The third-order valence-corrected chi connectivity index (χ3v) is 4.82. The number of likely N-dealkylation sites (N-methyl/N-ethyl adjacent to an activating group) is 1. The first-order chi connectivity index (χ1) is 12.7. The molecular weight excluding hydrogens is 324 g/mol. The van der Waals surface area contributed by atoms with Gasteiger partial charge in [-0.05, 0) is 25.3 Å². The lowest BCUT2D eigenvalue weighted by Gasteiger charge is -2.31. The van der Waals surface area contributed by atoms with E-state index >= 15 is 0 Å². The molecule has 26 heavy (non-hydrogen) atoms. The van der Waals surface area contributed by atoms with Gasteiger partial charge in [-0.25, -0.2) is 4.52 Å². The summed E-state index contributed by atoms with van der Waals surface area (Å²) in [6.07, 6.45) is 5.50. The Morgan fingerprint density at radius 3 is 2.58 bits per heavy atom. The van der Waals surface area contributed by atoms with Gasteiger partial charge < -0.3 is 9.80 Å². The number of amides is 1. The largest absolute Gasteiger partial charge is 0.337 e. The summed E-state index contributed by atoms with van der Waals surface area (Å²) in [4.78, 5) is 16.6. The van der Waals surface area contributed by atoms with E-state index < -0.39 is 0 Å². The molecule has 5 nitrogen and oxygen atoms in total. The van der Waals surface area contributed by atoms with E-state index in [1.54, 1.807) is 6.08 Å². The molecule has 1 aliphatic heterocycles. The number of carbonyl (C=O) groups excluding carboxylic acids is 1. The monoisotopic (exact) mass is 346 g/mol. The lowest BCUT2D eigenvalue weighted by atomic mass is 10.1. The van der Waals surface area contributed by atoms with E-state index in [2.05, 4.69) is 23.1 Å². The van der Waals surface area contributed by atoms with Crippen LogP contribution < -0.4 is 0 Å². The molecule has 5 heteroatoms. The molecule has 4 rings (SSSR count). The molecule has 2 aromatic heterocycles. The van der Waals surface area contributed by atoms with Crippen LogP contribution in [0.4, 0.5) is 0 Å². The van der Waals surface area contributed by atoms with Crippen molar-refractivity contribution < 1.29 is 4.79 Å². The minimum absolute atomic E-state index is 0.0721. The van der Waals surface area contributed by atoms with E-state index in [9.17, 15) is 4.79 Å². The molecule has 0 spiro atoms. The third-order valence-electron chi connectivity index (χ3n) is 4.82. The van der Waals surface area contributed by atoms with Gasteiger partial charge in [0, 0.05) is 49.6 Å². The van der Waals surface area contributed by atoms with Crippen molar-refractivity contribution >= 4 is 17.5 Å². The maximum Gasteiger partial charge on any atom is 0.246 e. The highest BCUT2D eigenvalue weighted by Gasteiger charge is 2.17. The van der Waals surface area contributed by atoms with Gasteiger partial charge in [0.2, 0.25) is 5.91 Å². The molecule has 0 aliphatic carbocycles. The van der Waals surface area contributed by atoms with Gasteiger partial charge in [-0.2, -0.15) is 5.10 Å². The van der Waals surface area contributed by atoms with Crippen LogP contribution in [0.25, 0.3) is 22.9 Å². The van der Waals surface area contributed by atoms with Crippen molar-refractivity contribution in [1.82, 2.24) is 19.4 Å². The van der Waals surface area contributed by atoms with Crippen LogP contribution >= 0.6 is 0 Å². The lowest BCUT2D eigenvalue weighted by Crippen LogP contribution is -2.46. The average Bonchev–Trinajstić information content (AvgIpc) is 3.12. The van der Waals surface area contributed by atoms with Crippen LogP contribution in [0.5, 0.6) is 0 Å². The molecule has 0 atom stereocenters. The summed E-state index contributed by atoms with van der Waals surface area (Å²) in [5.74, 6) is 0.0721. The number of rotatable bonds is 3. The average molecular weight is 346 g/mol. The fraction of sp³-hybridized carbons (Fsp3) is 0.238. The predicted molar refractivity (Wildman–Crippen MR) is 104 cm³/mol. The van der Waals surface area contributed by atoms with Gasteiger partial charge in [-0.1, -0.05) is 36.4 Å². The van der Waals surface area contributed by atoms with Crippen molar-refractivity contribution in [2.75, 3.05) is 33.2 Å². The van der Waals surface area contributed by atoms with Gasteiger partial charge >= 0.3 is 0 Å². The standard InChI is InChI=1S/C21H22N4O/c1-23-12-14-24(15-13-23)21(26)10-9-18-8-5-11-25-20(18)16-19(22-25)17-6-3-2-4-7-17/h2-11,16H,12-15H2,1H3. The first-order valence-electron chi connectivity index (χ1n) is 8.90. The van der Waals surface area contributed by atoms with E-state index in [1.807, 2.05) is 64.2 Å². The van der Waals surface area contributed by atoms with Gasteiger partial charge in [-0.15, -0.1) is 0 Å². The Labute approximate surface area is 153 Å². The number of benzene rings is 1. The highest BCUT2D eigenvalue weighted by Crippen LogP contribution is 2.22. The fourth-order valence-corrected chi connectivity index (χ4v) is 3.22. The van der Waals surface area contributed by atoms with Crippen molar-refractivity contribution in [3.63, 3.8) is 0 Å². The van der Waals surface area contributed by atoms with Crippen molar-refractivity contribution in [3.8, 4) is 11.3 Å². The van der Waals surface area contributed by atoms with Gasteiger partial charge in [0.1, 0.15) is 0 Å². The van der Waals surface area contributed by atoms with Crippen LogP contribution in [0, 0.1) is 0 Å². The summed E-state index contributed by atoms with van der Waals surface area (Å²) in [6, 6.07) is 16.1. The molecule has 1 aliphatic rings. The minimum atomic E-state index is 0.0721. The maximum atomic E-state index is 12.4. The summed E-state index contributed by atoms with van der Waals surface area (Å²) >= 11 is 0. The predicted octanol–water partition coefficient (Wildman–Crippen LogP) is 2.79. The number of hydrogen-bond acceptors (Lipinski definition) is 3. The first kappa shape index (κ1) is 16.5. The zero-order valence-corrected chi connectivity index (χ0v) is 14.9. The Morgan fingerprint density at radius 1 is 1.04 bits per heavy atom. The highest BCUT2D eigenvalue weighted by atomic mass is 16.2. The molecule has 0 N–H and O–H groups in total. The molecule has 3 aromatic rings. The Hall–Kier alpha value is -2.92. The SMILES string of the molecule is CN1CCN(C(=O)C=Cc2cccn3nc(-c4ccccc4)cc23)CC1. The topological polar surface area (TPSA) is 40.9 Å². The van der Waals surface area contributed by atoms with E-state index in [0.717, 1.165) is 48.5 Å². The fourth-order valence-electron chi connectivity index (χ4n) is 3.22. The molecule has 1 fully saturated rings. The molecular formula is C21H22N4O. The van der Waals surface area contributed by atoms with Crippen LogP contribution in [-0.4, -0.2) is 58.5 Å². The second-order valence-corrected chi connectivity index (χ2v) is 6.65. The summed E-state index contributed by atoms with van der Waals surface area (Å²) in [7, 11) is 2.09. The van der Waals surface area contributed by atoms with E-state index in [0.29, 0.717) is 0 Å². The van der Waals surface area contributed by atoms with Crippen LogP contribution in [-0.2, 0) is 4.79 Å². The van der Waals surface area contributed by atoms with Crippen LogP contribution in [0.2, 0.25) is 0 Å². The molecule has 132 valence electrons. The number of fused-ring (bicyclic) bond motifs is 1. The molecule has 1 amide bonds. The Balaban J connectivity index is 1.58. The molecule has 0 bridgehead atoms. The van der Waals surface area contributed by atoms with Crippen molar-refractivity contribution in [3.05, 3.63) is 66.4 Å². The van der Waals surface area contributed by atoms with Gasteiger partial charge in [0.15, 0.2) is 0 Å². The molecule has 0 radical (unpaired) electrons. The molecule has 3 heterocycles. The minimum Gasteiger partial charge on any atom is -0.337 e. The number of pyridine rings is 1. The molecule has 1 saturated heterocycles. The summed E-state index contributed by atoms with van der Waals surface area (Å²) in [5.41, 5.74) is 4.00. The maximum absolute atomic E-state index is 12.4. The van der Waals surface area contributed by atoms with Gasteiger partial charge in [-0.3, -0.25) is 4.79 Å². The summed E-state index contributed by atoms with van der Waals surface area (Å²) in [5, 5.41) is 4.65. The van der Waals surface area contributed by atoms with Gasteiger partial charge in [0.05, 0.1) is 11.2 Å². The third kappa shape index (κ3) is 3.39. The van der Waals surface area contributed by atoms with E-state index in [-0.39, 0.29) is 5.91 Å². The number of aromatic nitrogens is 2. The molecule has 0 saturated carbocycles. The normalized spacial score (nSPS) is 15.8. The second kappa shape index (κ2) is 7.14. The van der Waals surface area contributed by atoms with Crippen molar-refractivity contribution in [1.29, 1.82) is 0 Å². The zero-order valence-electron chi connectivity index (χ0n) is 14.9. The Morgan fingerprint density at radius 2 is 1.81 bits per heavy atom. The highest BCUT2D eigenvalue weighted by molar-refractivity contribution is 5.93. The first-order valence-corrected chi connectivity index (χ1v) is 8.90. The molecule has 1 aromatic carbocycles. The summed E-state index contributed by atoms with van der Waals surface area (Å²) < 4.78 is 1.86. The van der Waals surface area contributed by atoms with Crippen LogP contribution in [0.3, 0.4) is 0 Å². The number of hydrogen-bond donors (Lipinski definition) is 0. The van der Waals surface area contributed by atoms with Gasteiger partial charge in [0.25, 0.3) is 0 Å². The van der Waals surface area contributed by atoms with E-state index in [4.69, 9.17) is 0 Å². The van der Waals surface area contributed by atoms with Crippen LogP contribution in [0.1, 0.15) is 5.56 Å². The van der Waals surface area contributed by atoms with Crippen LogP contribution in [0.15, 0.2) is 60.8 Å². The Bertz CT molecular complexity index is 937. The van der Waals surface area contributed by atoms with Crippen molar-refractivity contribution in [2.45, 2.75) is 0 Å². The second-order valence-electron chi connectivity index (χ2n) is 6.65. The van der Waals surface area contributed by atoms with E-state index in [1.165, 1.54) is 0 Å². The number of piperazine rings is 1. The quantitative estimate of drug-likeness (QED) is 0.685.